The number of rotatable bonds is 8. The second kappa shape index (κ2) is 8.42. The summed E-state index contributed by atoms with van der Waals surface area (Å²) in [5.41, 5.74) is 1.52. The Morgan fingerprint density at radius 1 is 1.24 bits per heavy atom. The Balaban J connectivity index is 2.89. The SMILES string of the molecule is CCOC(=O)CN(CC)Cc1cc(C(C)=O)ccc1OC. The monoisotopic (exact) mass is 293 g/mol. The van der Waals surface area contributed by atoms with Crippen molar-refractivity contribution in [3.05, 3.63) is 29.3 Å². The highest BCUT2D eigenvalue weighted by Gasteiger charge is 2.14. The van der Waals surface area contributed by atoms with Crippen LogP contribution in [0, 0.1) is 0 Å². The van der Waals surface area contributed by atoms with E-state index < -0.39 is 0 Å². The van der Waals surface area contributed by atoms with E-state index in [-0.39, 0.29) is 18.3 Å². The molecule has 0 atom stereocenters. The maximum absolute atomic E-state index is 11.6. The fourth-order valence-electron chi connectivity index (χ4n) is 2.03. The van der Waals surface area contributed by atoms with Crippen LogP contribution in [-0.2, 0) is 16.1 Å². The molecule has 5 nitrogen and oxygen atoms in total. The minimum absolute atomic E-state index is 0.00680. The van der Waals surface area contributed by atoms with Crippen molar-refractivity contribution >= 4 is 11.8 Å². The lowest BCUT2D eigenvalue weighted by atomic mass is 10.1. The van der Waals surface area contributed by atoms with Crippen molar-refractivity contribution < 1.29 is 19.1 Å². The first-order valence-corrected chi connectivity index (χ1v) is 7.07. The van der Waals surface area contributed by atoms with Crippen LogP contribution in [0.25, 0.3) is 0 Å². The van der Waals surface area contributed by atoms with Crippen molar-refractivity contribution in [2.45, 2.75) is 27.3 Å². The van der Waals surface area contributed by atoms with E-state index in [1.807, 2.05) is 17.9 Å². The van der Waals surface area contributed by atoms with Gasteiger partial charge in [0.15, 0.2) is 5.78 Å². The molecule has 0 aliphatic rings. The van der Waals surface area contributed by atoms with Gasteiger partial charge < -0.3 is 9.47 Å². The Morgan fingerprint density at radius 2 is 1.95 bits per heavy atom. The first kappa shape index (κ1) is 17.2. The Bertz CT molecular complexity index is 499. The summed E-state index contributed by atoms with van der Waals surface area (Å²) in [7, 11) is 1.59. The smallest absolute Gasteiger partial charge is 0.320 e. The summed E-state index contributed by atoms with van der Waals surface area (Å²) < 4.78 is 10.3. The van der Waals surface area contributed by atoms with Gasteiger partial charge in [0, 0.05) is 17.7 Å². The molecule has 0 radical (unpaired) electrons. The zero-order valence-corrected chi connectivity index (χ0v) is 13.1. The first-order chi connectivity index (χ1) is 10.0. The summed E-state index contributed by atoms with van der Waals surface area (Å²) in [4.78, 5) is 25.0. The molecule has 0 spiro atoms. The third-order valence-corrected chi connectivity index (χ3v) is 3.19. The highest BCUT2D eigenvalue weighted by Crippen LogP contribution is 2.22. The van der Waals surface area contributed by atoms with Gasteiger partial charge >= 0.3 is 5.97 Å². The van der Waals surface area contributed by atoms with Crippen molar-refractivity contribution in [3.63, 3.8) is 0 Å². The zero-order valence-electron chi connectivity index (χ0n) is 13.1. The lowest BCUT2D eigenvalue weighted by Crippen LogP contribution is -2.30. The van der Waals surface area contributed by atoms with Crippen molar-refractivity contribution in [1.29, 1.82) is 0 Å². The summed E-state index contributed by atoms with van der Waals surface area (Å²) >= 11 is 0. The van der Waals surface area contributed by atoms with Gasteiger partial charge in [0.25, 0.3) is 0 Å². The van der Waals surface area contributed by atoms with Gasteiger partial charge in [-0.05, 0) is 38.6 Å². The number of likely N-dealkylation sites (N-methyl/N-ethyl adjacent to an activating group) is 1. The van der Waals surface area contributed by atoms with Crippen LogP contribution < -0.4 is 4.74 Å². The van der Waals surface area contributed by atoms with Crippen LogP contribution in [0.5, 0.6) is 5.75 Å². The molecule has 0 N–H and O–H groups in total. The van der Waals surface area contributed by atoms with Crippen LogP contribution in [0.1, 0.15) is 36.7 Å². The third-order valence-electron chi connectivity index (χ3n) is 3.19. The number of hydrogen-bond acceptors (Lipinski definition) is 5. The number of Topliss-reactive ketones (excluding diaryl/α,β-unsaturated/α-hetero) is 1. The molecule has 1 rings (SSSR count). The Morgan fingerprint density at radius 3 is 2.48 bits per heavy atom. The maximum atomic E-state index is 11.6. The lowest BCUT2D eigenvalue weighted by Gasteiger charge is -2.21. The highest BCUT2D eigenvalue weighted by molar-refractivity contribution is 5.94. The molecule has 116 valence electrons. The molecular formula is C16H23NO4. The van der Waals surface area contributed by atoms with E-state index in [0.29, 0.717) is 31.0 Å². The number of carbonyl (C=O) groups excluding carboxylic acids is 2. The van der Waals surface area contributed by atoms with Gasteiger partial charge in [0.1, 0.15) is 5.75 Å². The second-order valence-electron chi connectivity index (χ2n) is 4.69. The van der Waals surface area contributed by atoms with Crippen LogP contribution in [-0.4, -0.2) is 43.5 Å². The van der Waals surface area contributed by atoms with Crippen LogP contribution in [0.4, 0.5) is 0 Å². The summed E-state index contributed by atoms with van der Waals surface area (Å²) in [6, 6.07) is 5.34. The average molecular weight is 293 g/mol. The summed E-state index contributed by atoms with van der Waals surface area (Å²) in [6.45, 7) is 7.11. The number of carbonyl (C=O) groups is 2. The zero-order chi connectivity index (χ0) is 15.8. The van der Waals surface area contributed by atoms with Crippen LogP contribution in [0.15, 0.2) is 18.2 Å². The van der Waals surface area contributed by atoms with Gasteiger partial charge in [-0.1, -0.05) is 6.92 Å². The Kier molecular flexibility index (Phi) is 6.88. The van der Waals surface area contributed by atoms with Gasteiger partial charge in [0.2, 0.25) is 0 Å². The van der Waals surface area contributed by atoms with E-state index in [2.05, 4.69) is 0 Å². The largest absolute Gasteiger partial charge is 0.496 e. The first-order valence-electron chi connectivity index (χ1n) is 7.07. The normalized spacial score (nSPS) is 10.5. The molecule has 5 heteroatoms. The summed E-state index contributed by atoms with van der Waals surface area (Å²) in [5.74, 6) is 0.468. The molecule has 1 aromatic rings. The van der Waals surface area contributed by atoms with Crippen molar-refractivity contribution in [3.8, 4) is 5.75 Å². The molecule has 0 saturated carbocycles. The number of methoxy groups -OCH3 is 1. The van der Waals surface area contributed by atoms with E-state index in [0.717, 1.165) is 5.56 Å². The molecule has 21 heavy (non-hydrogen) atoms. The molecule has 1 aromatic carbocycles. The van der Waals surface area contributed by atoms with Crippen LogP contribution in [0.2, 0.25) is 0 Å². The minimum Gasteiger partial charge on any atom is -0.496 e. The van der Waals surface area contributed by atoms with Crippen LogP contribution in [0.3, 0.4) is 0 Å². The molecule has 0 saturated heterocycles. The van der Waals surface area contributed by atoms with E-state index in [9.17, 15) is 9.59 Å². The summed E-state index contributed by atoms with van der Waals surface area (Å²) in [5, 5.41) is 0. The van der Waals surface area contributed by atoms with Gasteiger partial charge in [-0.2, -0.15) is 0 Å². The molecule has 0 aromatic heterocycles. The predicted molar refractivity (Wildman–Crippen MR) is 80.6 cm³/mol. The topological polar surface area (TPSA) is 55.8 Å². The molecule has 0 amide bonds. The number of esters is 1. The molecule has 0 heterocycles. The molecule has 0 aliphatic heterocycles. The highest BCUT2D eigenvalue weighted by atomic mass is 16.5. The molecular weight excluding hydrogens is 270 g/mol. The second-order valence-corrected chi connectivity index (χ2v) is 4.69. The molecule has 0 unspecified atom stereocenters. The predicted octanol–water partition coefficient (Wildman–Crippen LogP) is 2.28. The fourth-order valence-corrected chi connectivity index (χ4v) is 2.03. The van der Waals surface area contributed by atoms with Gasteiger partial charge in [0.05, 0.1) is 20.3 Å². The molecule has 0 aliphatic carbocycles. The van der Waals surface area contributed by atoms with Gasteiger partial charge in [-0.25, -0.2) is 0 Å². The van der Waals surface area contributed by atoms with Crippen molar-refractivity contribution in [2.75, 3.05) is 26.8 Å². The number of benzene rings is 1. The third kappa shape index (κ3) is 5.19. The number of ether oxygens (including phenoxy) is 2. The fraction of sp³-hybridized carbons (Fsp3) is 0.500. The van der Waals surface area contributed by atoms with E-state index in [1.54, 1.807) is 26.2 Å². The Labute approximate surface area is 125 Å². The van der Waals surface area contributed by atoms with E-state index in [1.165, 1.54) is 6.92 Å². The molecule has 0 bridgehead atoms. The number of ketones is 1. The van der Waals surface area contributed by atoms with E-state index >= 15 is 0 Å². The number of hydrogen-bond donors (Lipinski definition) is 0. The standard InChI is InChI=1S/C16H23NO4/c1-5-17(11-16(19)21-6-2)10-14-9-13(12(3)18)7-8-15(14)20-4/h7-9H,5-6,10-11H2,1-4H3. The van der Waals surface area contributed by atoms with Gasteiger partial charge in [-0.3, -0.25) is 14.5 Å². The minimum atomic E-state index is -0.249. The van der Waals surface area contributed by atoms with Crippen molar-refractivity contribution in [2.24, 2.45) is 0 Å². The molecule has 0 fully saturated rings. The number of nitrogens with zero attached hydrogens (tertiary/aromatic N) is 1. The maximum Gasteiger partial charge on any atom is 0.320 e. The quantitative estimate of drug-likeness (QED) is 0.543. The van der Waals surface area contributed by atoms with Crippen LogP contribution >= 0.6 is 0 Å². The average Bonchev–Trinajstić information content (AvgIpc) is 2.46. The van der Waals surface area contributed by atoms with E-state index in [4.69, 9.17) is 9.47 Å². The van der Waals surface area contributed by atoms with Gasteiger partial charge in [-0.15, -0.1) is 0 Å². The lowest BCUT2D eigenvalue weighted by molar-refractivity contribution is -0.144. The summed E-state index contributed by atoms with van der Waals surface area (Å²) in [6.07, 6.45) is 0. The Hall–Kier alpha value is -1.88. The van der Waals surface area contributed by atoms with Crippen molar-refractivity contribution in [1.82, 2.24) is 4.90 Å².